The Morgan fingerprint density at radius 2 is 1.62 bits per heavy atom. The topological polar surface area (TPSA) is 18.5 Å². The van der Waals surface area contributed by atoms with Crippen molar-refractivity contribution in [3.8, 4) is 0 Å². The third-order valence-corrected chi connectivity index (χ3v) is 5.39. The van der Waals surface area contributed by atoms with Crippen molar-refractivity contribution in [3.05, 3.63) is 0 Å². The first kappa shape index (κ1) is 18.9. The summed E-state index contributed by atoms with van der Waals surface area (Å²) in [5.74, 6) is 0. The number of piperidine rings is 1. The summed E-state index contributed by atoms with van der Waals surface area (Å²) in [6.07, 6.45) is 5.15. The van der Waals surface area contributed by atoms with Gasteiger partial charge in [-0.05, 0) is 79.1 Å². The van der Waals surface area contributed by atoms with Crippen molar-refractivity contribution in [2.45, 2.75) is 71.9 Å². The number of nitrogens with zero attached hydrogens (tertiary/aromatic N) is 2. The van der Waals surface area contributed by atoms with E-state index in [1.807, 2.05) is 0 Å². The Morgan fingerprint density at radius 1 is 1.10 bits per heavy atom. The van der Waals surface area contributed by atoms with Crippen LogP contribution in [0.3, 0.4) is 0 Å². The van der Waals surface area contributed by atoms with Gasteiger partial charge in [-0.15, -0.1) is 0 Å². The van der Waals surface area contributed by atoms with Gasteiger partial charge in [0, 0.05) is 24.7 Å². The van der Waals surface area contributed by atoms with Gasteiger partial charge in [0.15, 0.2) is 0 Å². The molecule has 0 spiro atoms. The van der Waals surface area contributed by atoms with Crippen LogP contribution in [-0.4, -0.2) is 61.7 Å². The molecule has 0 unspecified atom stereocenters. The minimum atomic E-state index is 0.210. The third kappa shape index (κ3) is 6.25. The van der Waals surface area contributed by atoms with Crippen LogP contribution in [0, 0.1) is 5.41 Å². The molecule has 3 nitrogen and oxygen atoms in total. The lowest BCUT2D eigenvalue weighted by molar-refractivity contribution is 0.0822. The standard InChI is InChI=1S/C18H39N3/c1-8-18(9-2,14-19-17(3,4)5)15-21(7)16-10-12-20(6)13-11-16/h16,19H,8-15H2,1-7H3. The van der Waals surface area contributed by atoms with Crippen molar-refractivity contribution in [1.29, 1.82) is 0 Å². The number of hydrogen-bond acceptors (Lipinski definition) is 3. The van der Waals surface area contributed by atoms with E-state index in [1.165, 1.54) is 45.3 Å². The van der Waals surface area contributed by atoms with Gasteiger partial charge in [-0.3, -0.25) is 0 Å². The second-order valence-electron chi connectivity index (χ2n) is 8.26. The van der Waals surface area contributed by atoms with E-state index in [9.17, 15) is 0 Å². The monoisotopic (exact) mass is 297 g/mol. The Kier molecular flexibility index (Phi) is 7.15. The Labute approximate surface area is 133 Å². The van der Waals surface area contributed by atoms with Gasteiger partial charge in [0.2, 0.25) is 0 Å². The molecule has 0 aromatic rings. The summed E-state index contributed by atoms with van der Waals surface area (Å²) in [4.78, 5) is 5.10. The molecule has 0 radical (unpaired) electrons. The summed E-state index contributed by atoms with van der Waals surface area (Å²) in [5.41, 5.74) is 0.618. The Bertz CT molecular complexity index is 283. The van der Waals surface area contributed by atoms with Crippen molar-refractivity contribution in [3.63, 3.8) is 0 Å². The van der Waals surface area contributed by atoms with E-state index >= 15 is 0 Å². The predicted molar refractivity (Wildman–Crippen MR) is 93.9 cm³/mol. The minimum absolute atomic E-state index is 0.210. The average Bonchev–Trinajstić information content (AvgIpc) is 2.43. The number of hydrogen-bond donors (Lipinski definition) is 1. The maximum absolute atomic E-state index is 3.75. The smallest absolute Gasteiger partial charge is 0.0117 e. The molecule has 0 aliphatic carbocycles. The summed E-state index contributed by atoms with van der Waals surface area (Å²) in [7, 11) is 4.58. The summed E-state index contributed by atoms with van der Waals surface area (Å²) in [6.45, 7) is 16.4. The maximum atomic E-state index is 3.75. The lowest BCUT2D eigenvalue weighted by Gasteiger charge is -2.42. The van der Waals surface area contributed by atoms with Crippen molar-refractivity contribution in [1.82, 2.24) is 15.1 Å². The fraction of sp³-hybridized carbons (Fsp3) is 1.00. The molecular weight excluding hydrogens is 258 g/mol. The van der Waals surface area contributed by atoms with Gasteiger partial charge in [0.25, 0.3) is 0 Å². The van der Waals surface area contributed by atoms with Gasteiger partial charge in [-0.2, -0.15) is 0 Å². The summed E-state index contributed by atoms with van der Waals surface area (Å²) < 4.78 is 0. The van der Waals surface area contributed by atoms with Crippen molar-refractivity contribution in [2.24, 2.45) is 5.41 Å². The Balaban J connectivity index is 2.59. The molecule has 0 amide bonds. The van der Waals surface area contributed by atoms with Gasteiger partial charge in [-0.25, -0.2) is 0 Å². The normalized spacial score (nSPS) is 19.4. The first-order valence-electron chi connectivity index (χ1n) is 8.85. The summed E-state index contributed by atoms with van der Waals surface area (Å²) in [5, 5.41) is 3.75. The average molecular weight is 298 g/mol. The van der Waals surface area contributed by atoms with E-state index in [0.29, 0.717) is 5.41 Å². The van der Waals surface area contributed by atoms with Crippen LogP contribution in [0.4, 0.5) is 0 Å². The molecule has 1 saturated heterocycles. The fourth-order valence-corrected chi connectivity index (χ4v) is 3.33. The van der Waals surface area contributed by atoms with Crippen LogP contribution in [0.25, 0.3) is 0 Å². The third-order valence-electron chi connectivity index (χ3n) is 5.39. The van der Waals surface area contributed by atoms with Gasteiger partial charge in [-0.1, -0.05) is 13.8 Å². The number of likely N-dealkylation sites (tertiary alicyclic amines) is 1. The van der Waals surface area contributed by atoms with Crippen molar-refractivity contribution >= 4 is 0 Å². The molecule has 1 fully saturated rings. The van der Waals surface area contributed by atoms with E-state index < -0.39 is 0 Å². The molecule has 126 valence electrons. The quantitative estimate of drug-likeness (QED) is 0.778. The minimum Gasteiger partial charge on any atom is -0.311 e. The maximum Gasteiger partial charge on any atom is 0.0117 e. The van der Waals surface area contributed by atoms with Crippen LogP contribution in [-0.2, 0) is 0 Å². The van der Waals surface area contributed by atoms with Gasteiger partial charge < -0.3 is 15.1 Å². The molecule has 0 saturated carbocycles. The molecular formula is C18H39N3. The zero-order valence-electron chi connectivity index (χ0n) is 15.6. The lowest BCUT2D eigenvalue weighted by atomic mass is 9.80. The molecule has 1 rings (SSSR count). The molecule has 1 N–H and O–H groups in total. The lowest BCUT2D eigenvalue weighted by Crippen LogP contribution is -2.51. The number of nitrogens with one attached hydrogen (secondary N) is 1. The van der Waals surface area contributed by atoms with Crippen LogP contribution < -0.4 is 5.32 Å². The molecule has 0 bridgehead atoms. The highest BCUT2D eigenvalue weighted by atomic mass is 15.2. The predicted octanol–water partition coefficient (Wildman–Crippen LogP) is 3.21. The second kappa shape index (κ2) is 7.94. The van der Waals surface area contributed by atoms with Crippen LogP contribution in [0.5, 0.6) is 0 Å². The number of rotatable bonds is 7. The van der Waals surface area contributed by atoms with E-state index in [2.05, 4.69) is 63.8 Å². The first-order chi connectivity index (χ1) is 9.71. The van der Waals surface area contributed by atoms with Gasteiger partial charge in [0.05, 0.1) is 0 Å². The van der Waals surface area contributed by atoms with Crippen LogP contribution in [0.1, 0.15) is 60.3 Å². The Morgan fingerprint density at radius 3 is 2.05 bits per heavy atom. The molecule has 1 aliphatic heterocycles. The zero-order chi connectivity index (χ0) is 16.1. The van der Waals surface area contributed by atoms with Crippen molar-refractivity contribution < 1.29 is 0 Å². The SMILES string of the molecule is CCC(CC)(CNC(C)(C)C)CN(C)C1CCN(C)CC1. The highest BCUT2D eigenvalue weighted by molar-refractivity contribution is 4.88. The summed E-state index contributed by atoms with van der Waals surface area (Å²) in [6, 6.07) is 0.772. The summed E-state index contributed by atoms with van der Waals surface area (Å²) >= 11 is 0. The molecule has 1 heterocycles. The Hall–Kier alpha value is -0.120. The van der Waals surface area contributed by atoms with E-state index in [0.717, 1.165) is 12.6 Å². The first-order valence-corrected chi connectivity index (χ1v) is 8.85. The molecule has 21 heavy (non-hydrogen) atoms. The van der Waals surface area contributed by atoms with Crippen molar-refractivity contribution in [2.75, 3.05) is 40.3 Å². The largest absolute Gasteiger partial charge is 0.311 e. The highest BCUT2D eigenvalue weighted by Gasteiger charge is 2.32. The van der Waals surface area contributed by atoms with E-state index in [4.69, 9.17) is 0 Å². The highest BCUT2D eigenvalue weighted by Crippen LogP contribution is 2.29. The van der Waals surface area contributed by atoms with E-state index in [1.54, 1.807) is 0 Å². The molecule has 0 aromatic heterocycles. The van der Waals surface area contributed by atoms with Crippen LogP contribution >= 0.6 is 0 Å². The molecule has 0 aromatic carbocycles. The van der Waals surface area contributed by atoms with E-state index in [-0.39, 0.29) is 5.54 Å². The van der Waals surface area contributed by atoms with Gasteiger partial charge in [0.1, 0.15) is 0 Å². The van der Waals surface area contributed by atoms with Gasteiger partial charge >= 0.3 is 0 Å². The van der Waals surface area contributed by atoms with Crippen LogP contribution in [0.15, 0.2) is 0 Å². The molecule has 0 atom stereocenters. The molecule has 1 aliphatic rings. The second-order valence-corrected chi connectivity index (χ2v) is 8.26. The fourth-order valence-electron chi connectivity index (χ4n) is 3.33. The molecule has 3 heteroatoms. The zero-order valence-corrected chi connectivity index (χ0v) is 15.6. The van der Waals surface area contributed by atoms with Crippen LogP contribution in [0.2, 0.25) is 0 Å².